The average molecular weight is 211 g/mol. The van der Waals surface area contributed by atoms with Crippen LogP contribution in [0.3, 0.4) is 0 Å². The Morgan fingerprint density at radius 1 is 1.47 bits per heavy atom. The number of hydrogen-bond donors (Lipinski definition) is 2. The van der Waals surface area contributed by atoms with E-state index in [0.717, 1.165) is 31.1 Å². The van der Waals surface area contributed by atoms with Crippen LogP contribution in [0.4, 0.5) is 0 Å². The van der Waals surface area contributed by atoms with Crippen LogP contribution in [-0.2, 0) is 6.54 Å². The molecule has 0 unspecified atom stereocenters. The molecule has 0 spiro atoms. The van der Waals surface area contributed by atoms with E-state index in [2.05, 4.69) is 36.6 Å². The number of aryl methyl sites for hydroxylation is 1. The molecule has 0 atom stereocenters. The predicted molar refractivity (Wildman–Crippen MR) is 60.7 cm³/mol. The fourth-order valence-electron chi connectivity index (χ4n) is 1.55. The van der Waals surface area contributed by atoms with Crippen molar-refractivity contribution in [3.63, 3.8) is 0 Å². The standard InChI is InChI=1S/C11H21N3O/c1-5-13-11(3,4)8-12-7-10-6-9(2)15-14-10/h6,12-13H,5,7-8H2,1-4H3. The lowest BCUT2D eigenvalue weighted by Crippen LogP contribution is -2.47. The van der Waals surface area contributed by atoms with E-state index in [1.807, 2.05) is 13.0 Å². The van der Waals surface area contributed by atoms with Crippen LogP contribution in [0.25, 0.3) is 0 Å². The number of likely N-dealkylation sites (N-methyl/N-ethyl adjacent to an activating group) is 1. The summed E-state index contributed by atoms with van der Waals surface area (Å²) in [4.78, 5) is 0. The summed E-state index contributed by atoms with van der Waals surface area (Å²) in [6, 6.07) is 1.95. The lowest BCUT2D eigenvalue weighted by atomic mass is 10.1. The first kappa shape index (κ1) is 12.2. The van der Waals surface area contributed by atoms with E-state index >= 15 is 0 Å². The Morgan fingerprint density at radius 2 is 2.20 bits per heavy atom. The summed E-state index contributed by atoms with van der Waals surface area (Å²) in [5, 5.41) is 10.7. The van der Waals surface area contributed by atoms with Crippen molar-refractivity contribution in [3.05, 3.63) is 17.5 Å². The largest absolute Gasteiger partial charge is 0.361 e. The molecular formula is C11H21N3O. The average Bonchev–Trinajstić information content (AvgIpc) is 2.51. The Balaban J connectivity index is 2.27. The zero-order valence-corrected chi connectivity index (χ0v) is 10.1. The smallest absolute Gasteiger partial charge is 0.133 e. The van der Waals surface area contributed by atoms with Gasteiger partial charge in [0.05, 0.1) is 5.69 Å². The highest BCUT2D eigenvalue weighted by molar-refractivity contribution is 5.03. The summed E-state index contributed by atoms with van der Waals surface area (Å²) in [5.74, 6) is 0.859. The van der Waals surface area contributed by atoms with E-state index in [9.17, 15) is 0 Å². The Kier molecular flexibility index (Phi) is 4.29. The van der Waals surface area contributed by atoms with E-state index in [1.165, 1.54) is 0 Å². The van der Waals surface area contributed by atoms with Crippen LogP contribution in [0.2, 0.25) is 0 Å². The fraction of sp³-hybridized carbons (Fsp3) is 0.727. The number of nitrogens with zero attached hydrogens (tertiary/aromatic N) is 1. The molecule has 15 heavy (non-hydrogen) atoms. The third kappa shape index (κ3) is 4.44. The molecule has 0 saturated carbocycles. The molecule has 0 saturated heterocycles. The predicted octanol–water partition coefficient (Wildman–Crippen LogP) is 1.46. The van der Waals surface area contributed by atoms with Gasteiger partial charge in [-0.15, -0.1) is 0 Å². The van der Waals surface area contributed by atoms with Gasteiger partial charge in [0.25, 0.3) is 0 Å². The molecule has 4 heteroatoms. The summed E-state index contributed by atoms with van der Waals surface area (Å²) in [5.41, 5.74) is 1.08. The van der Waals surface area contributed by atoms with Crippen molar-refractivity contribution in [1.29, 1.82) is 0 Å². The number of aromatic nitrogens is 1. The molecule has 0 aliphatic carbocycles. The van der Waals surface area contributed by atoms with Crippen molar-refractivity contribution >= 4 is 0 Å². The number of nitrogens with one attached hydrogen (secondary N) is 2. The zero-order chi connectivity index (χ0) is 11.3. The van der Waals surface area contributed by atoms with Gasteiger partial charge < -0.3 is 15.2 Å². The van der Waals surface area contributed by atoms with Gasteiger partial charge in [0, 0.05) is 24.7 Å². The van der Waals surface area contributed by atoms with Crippen molar-refractivity contribution in [3.8, 4) is 0 Å². The Labute approximate surface area is 91.4 Å². The van der Waals surface area contributed by atoms with E-state index < -0.39 is 0 Å². The maximum absolute atomic E-state index is 4.99. The molecular weight excluding hydrogens is 190 g/mol. The molecule has 1 aromatic heterocycles. The quantitative estimate of drug-likeness (QED) is 0.748. The van der Waals surface area contributed by atoms with Gasteiger partial charge in [-0.05, 0) is 27.3 Å². The Morgan fingerprint density at radius 3 is 2.73 bits per heavy atom. The molecule has 0 radical (unpaired) electrons. The van der Waals surface area contributed by atoms with Crippen LogP contribution in [0.1, 0.15) is 32.2 Å². The Hall–Kier alpha value is -0.870. The second-order valence-electron chi connectivity index (χ2n) is 4.45. The van der Waals surface area contributed by atoms with Crippen LogP contribution < -0.4 is 10.6 Å². The maximum atomic E-state index is 4.99. The molecule has 1 heterocycles. The van der Waals surface area contributed by atoms with Crippen molar-refractivity contribution in [1.82, 2.24) is 15.8 Å². The molecule has 86 valence electrons. The van der Waals surface area contributed by atoms with Crippen molar-refractivity contribution in [2.24, 2.45) is 0 Å². The molecule has 2 N–H and O–H groups in total. The first-order valence-electron chi connectivity index (χ1n) is 5.41. The molecule has 4 nitrogen and oxygen atoms in total. The normalized spacial score (nSPS) is 12.0. The topological polar surface area (TPSA) is 50.1 Å². The lowest BCUT2D eigenvalue weighted by molar-refractivity contribution is 0.363. The van der Waals surface area contributed by atoms with Crippen LogP contribution in [-0.4, -0.2) is 23.8 Å². The molecule has 1 rings (SSSR count). The van der Waals surface area contributed by atoms with Gasteiger partial charge >= 0.3 is 0 Å². The molecule has 0 aromatic carbocycles. The highest BCUT2D eigenvalue weighted by Crippen LogP contribution is 2.03. The molecule has 0 aliphatic heterocycles. The third-order valence-corrected chi connectivity index (χ3v) is 2.21. The first-order chi connectivity index (χ1) is 7.03. The van der Waals surface area contributed by atoms with Gasteiger partial charge in [0.1, 0.15) is 5.76 Å². The molecule has 0 fully saturated rings. The van der Waals surface area contributed by atoms with Crippen molar-refractivity contribution in [2.75, 3.05) is 13.1 Å². The van der Waals surface area contributed by atoms with Crippen LogP contribution >= 0.6 is 0 Å². The van der Waals surface area contributed by atoms with Gasteiger partial charge in [0.2, 0.25) is 0 Å². The number of rotatable bonds is 6. The number of hydrogen-bond acceptors (Lipinski definition) is 4. The van der Waals surface area contributed by atoms with Gasteiger partial charge in [0.15, 0.2) is 0 Å². The van der Waals surface area contributed by atoms with Crippen LogP contribution in [0.5, 0.6) is 0 Å². The minimum absolute atomic E-state index is 0.119. The third-order valence-electron chi connectivity index (χ3n) is 2.21. The second kappa shape index (κ2) is 5.28. The SMILES string of the molecule is CCNC(C)(C)CNCc1cc(C)on1. The van der Waals surface area contributed by atoms with Crippen molar-refractivity contribution < 1.29 is 4.52 Å². The van der Waals surface area contributed by atoms with Crippen LogP contribution in [0.15, 0.2) is 10.6 Å². The lowest BCUT2D eigenvalue weighted by Gasteiger charge is -2.25. The summed E-state index contributed by atoms with van der Waals surface area (Å²) in [6.07, 6.45) is 0. The molecule has 0 aliphatic rings. The molecule has 0 amide bonds. The minimum atomic E-state index is 0.119. The summed E-state index contributed by atoms with van der Waals surface area (Å²) in [7, 11) is 0. The Bertz CT molecular complexity index is 294. The summed E-state index contributed by atoms with van der Waals surface area (Å²) in [6.45, 7) is 11.0. The first-order valence-corrected chi connectivity index (χ1v) is 5.41. The van der Waals surface area contributed by atoms with Gasteiger partial charge in [-0.1, -0.05) is 12.1 Å². The van der Waals surface area contributed by atoms with Gasteiger partial charge in [-0.3, -0.25) is 0 Å². The fourth-order valence-corrected chi connectivity index (χ4v) is 1.55. The van der Waals surface area contributed by atoms with Crippen molar-refractivity contribution in [2.45, 2.75) is 39.8 Å². The van der Waals surface area contributed by atoms with Crippen LogP contribution in [0, 0.1) is 6.92 Å². The molecule has 0 bridgehead atoms. The minimum Gasteiger partial charge on any atom is -0.361 e. The van der Waals surface area contributed by atoms with E-state index in [0.29, 0.717) is 0 Å². The second-order valence-corrected chi connectivity index (χ2v) is 4.45. The van der Waals surface area contributed by atoms with Gasteiger partial charge in [-0.25, -0.2) is 0 Å². The molecule has 1 aromatic rings. The highest BCUT2D eigenvalue weighted by atomic mass is 16.5. The van der Waals surface area contributed by atoms with E-state index in [4.69, 9.17) is 4.52 Å². The van der Waals surface area contributed by atoms with E-state index in [-0.39, 0.29) is 5.54 Å². The van der Waals surface area contributed by atoms with E-state index in [1.54, 1.807) is 0 Å². The van der Waals surface area contributed by atoms with Gasteiger partial charge in [-0.2, -0.15) is 0 Å². The maximum Gasteiger partial charge on any atom is 0.133 e. The zero-order valence-electron chi connectivity index (χ0n) is 10.1. The monoisotopic (exact) mass is 211 g/mol. The summed E-state index contributed by atoms with van der Waals surface area (Å²) >= 11 is 0. The highest BCUT2D eigenvalue weighted by Gasteiger charge is 2.14. The summed E-state index contributed by atoms with van der Waals surface area (Å²) < 4.78 is 4.99.